The third-order valence-corrected chi connectivity index (χ3v) is 2.86. The average molecular weight is 247 g/mol. The first-order chi connectivity index (χ1) is 8.70. The molecule has 6 nitrogen and oxygen atoms in total. The highest BCUT2D eigenvalue weighted by atomic mass is 16.6. The molecule has 0 aromatic heterocycles. The Bertz CT molecular complexity index is 490. The maximum absolute atomic E-state index is 10.9. The summed E-state index contributed by atoms with van der Waals surface area (Å²) in [7, 11) is 0. The molecule has 0 amide bonds. The Morgan fingerprint density at radius 1 is 1.44 bits per heavy atom. The van der Waals surface area contributed by atoms with Gasteiger partial charge in [-0.1, -0.05) is 0 Å². The van der Waals surface area contributed by atoms with E-state index in [2.05, 4.69) is 5.32 Å². The summed E-state index contributed by atoms with van der Waals surface area (Å²) in [6.45, 7) is 1.71. The lowest BCUT2D eigenvalue weighted by Gasteiger charge is -2.23. The summed E-state index contributed by atoms with van der Waals surface area (Å²) in [4.78, 5) is 10.4. The minimum absolute atomic E-state index is 0.00196. The van der Waals surface area contributed by atoms with Gasteiger partial charge in [-0.05, 0) is 38.1 Å². The quantitative estimate of drug-likeness (QED) is 0.647. The molecule has 1 aromatic rings. The molecule has 1 saturated heterocycles. The summed E-state index contributed by atoms with van der Waals surface area (Å²) in [5, 5.41) is 22.9. The molecule has 18 heavy (non-hydrogen) atoms. The lowest BCUT2D eigenvalue weighted by atomic mass is 10.1. The highest BCUT2D eigenvalue weighted by Gasteiger charge is 2.21. The van der Waals surface area contributed by atoms with Crippen molar-refractivity contribution in [1.82, 2.24) is 5.32 Å². The van der Waals surface area contributed by atoms with Crippen molar-refractivity contribution in [3.8, 4) is 11.8 Å². The van der Waals surface area contributed by atoms with Crippen LogP contribution >= 0.6 is 0 Å². The van der Waals surface area contributed by atoms with Gasteiger partial charge in [-0.15, -0.1) is 0 Å². The zero-order valence-electron chi connectivity index (χ0n) is 9.76. The fourth-order valence-electron chi connectivity index (χ4n) is 1.92. The van der Waals surface area contributed by atoms with E-state index in [4.69, 9.17) is 10.00 Å². The number of hydrogen-bond acceptors (Lipinski definition) is 5. The molecule has 0 atom stereocenters. The van der Waals surface area contributed by atoms with Crippen molar-refractivity contribution in [3.05, 3.63) is 33.9 Å². The molecule has 1 fully saturated rings. The maximum atomic E-state index is 10.9. The van der Waals surface area contributed by atoms with Crippen LogP contribution in [0, 0.1) is 21.4 Å². The molecule has 0 radical (unpaired) electrons. The summed E-state index contributed by atoms with van der Waals surface area (Å²) in [6, 6.07) is 6.16. The molecule has 0 unspecified atom stereocenters. The van der Waals surface area contributed by atoms with E-state index >= 15 is 0 Å². The topological polar surface area (TPSA) is 88.2 Å². The van der Waals surface area contributed by atoms with Crippen LogP contribution in [0.2, 0.25) is 0 Å². The van der Waals surface area contributed by atoms with Crippen LogP contribution in [-0.2, 0) is 0 Å². The van der Waals surface area contributed by atoms with E-state index in [1.165, 1.54) is 18.2 Å². The SMILES string of the molecule is N#Cc1ccc(OC2CCNCC2)c([N+](=O)[O-])c1. The van der Waals surface area contributed by atoms with Gasteiger partial charge in [0, 0.05) is 6.07 Å². The number of nitrogens with one attached hydrogen (secondary N) is 1. The molecule has 1 aliphatic heterocycles. The lowest BCUT2D eigenvalue weighted by molar-refractivity contribution is -0.386. The van der Waals surface area contributed by atoms with E-state index in [-0.39, 0.29) is 23.1 Å². The number of ether oxygens (including phenoxy) is 1. The van der Waals surface area contributed by atoms with E-state index in [9.17, 15) is 10.1 Å². The number of rotatable bonds is 3. The summed E-state index contributed by atoms with van der Waals surface area (Å²) in [6.07, 6.45) is 1.66. The van der Waals surface area contributed by atoms with Crippen LogP contribution in [0.3, 0.4) is 0 Å². The van der Waals surface area contributed by atoms with Gasteiger partial charge in [0.1, 0.15) is 6.10 Å². The minimum Gasteiger partial charge on any atom is -0.483 e. The van der Waals surface area contributed by atoms with Crippen LogP contribution in [0.5, 0.6) is 5.75 Å². The highest BCUT2D eigenvalue weighted by Crippen LogP contribution is 2.29. The lowest BCUT2D eigenvalue weighted by Crippen LogP contribution is -2.34. The number of hydrogen-bond donors (Lipinski definition) is 1. The van der Waals surface area contributed by atoms with Crippen LogP contribution in [0.15, 0.2) is 18.2 Å². The summed E-state index contributed by atoms with van der Waals surface area (Å²) in [5.41, 5.74) is 0.118. The van der Waals surface area contributed by atoms with Gasteiger partial charge in [-0.3, -0.25) is 10.1 Å². The second kappa shape index (κ2) is 5.47. The molecule has 2 rings (SSSR count). The first-order valence-corrected chi connectivity index (χ1v) is 5.76. The molecule has 1 heterocycles. The van der Waals surface area contributed by atoms with Gasteiger partial charge in [0.05, 0.1) is 16.6 Å². The predicted octanol–water partition coefficient (Wildman–Crippen LogP) is 1.60. The molecular formula is C12H13N3O3. The number of nitriles is 1. The second-order valence-corrected chi connectivity index (χ2v) is 4.12. The monoisotopic (exact) mass is 247 g/mol. The molecule has 0 aliphatic carbocycles. The third kappa shape index (κ3) is 2.76. The summed E-state index contributed by atoms with van der Waals surface area (Å²) < 4.78 is 5.66. The Kier molecular flexibility index (Phi) is 3.75. The van der Waals surface area contributed by atoms with E-state index < -0.39 is 4.92 Å². The van der Waals surface area contributed by atoms with Gasteiger partial charge in [-0.25, -0.2) is 0 Å². The van der Waals surface area contributed by atoms with Crippen molar-refractivity contribution in [2.24, 2.45) is 0 Å². The van der Waals surface area contributed by atoms with Gasteiger partial charge >= 0.3 is 5.69 Å². The molecular weight excluding hydrogens is 234 g/mol. The fourth-order valence-corrected chi connectivity index (χ4v) is 1.92. The Morgan fingerprint density at radius 3 is 2.78 bits per heavy atom. The van der Waals surface area contributed by atoms with Gasteiger partial charge < -0.3 is 10.1 Å². The Morgan fingerprint density at radius 2 is 2.17 bits per heavy atom. The molecule has 1 aliphatic rings. The Hall–Kier alpha value is -2.13. The average Bonchev–Trinajstić information content (AvgIpc) is 2.40. The van der Waals surface area contributed by atoms with Crippen molar-refractivity contribution < 1.29 is 9.66 Å². The van der Waals surface area contributed by atoms with Crippen molar-refractivity contribution in [3.63, 3.8) is 0 Å². The number of nitro benzene ring substituents is 1. The van der Waals surface area contributed by atoms with Crippen molar-refractivity contribution in [2.45, 2.75) is 18.9 Å². The maximum Gasteiger partial charge on any atom is 0.312 e. The van der Waals surface area contributed by atoms with Crippen molar-refractivity contribution >= 4 is 5.69 Å². The van der Waals surface area contributed by atoms with Crippen LogP contribution in [0.25, 0.3) is 0 Å². The number of nitrogens with zero attached hydrogens (tertiary/aromatic N) is 2. The molecule has 0 saturated carbocycles. The molecule has 94 valence electrons. The fraction of sp³-hybridized carbons (Fsp3) is 0.417. The van der Waals surface area contributed by atoms with E-state index in [1.54, 1.807) is 0 Å². The highest BCUT2D eigenvalue weighted by molar-refractivity contribution is 5.51. The predicted molar refractivity (Wildman–Crippen MR) is 64.3 cm³/mol. The van der Waals surface area contributed by atoms with Crippen LogP contribution in [-0.4, -0.2) is 24.1 Å². The zero-order chi connectivity index (χ0) is 13.0. The van der Waals surface area contributed by atoms with Gasteiger partial charge in [0.15, 0.2) is 5.75 Å². The van der Waals surface area contributed by atoms with Crippen LogP contribution < -0.4 is 10.1 Å². The van der Waals surface area contributed by atoms with Crippen molar-refractivity contribution in [2.75, 3.05) is 13.1 Å². The normalized spacial score (nSPS) is 15.9. The minimum atomic E-state index is -0.517. The first-order valence-electron chi connectivity index (χ1n) is 5.76. The second-order valence-electron chi connectivity index (χ2n) is 4.12. The first kappa shape index (κ1) is 12.3. The third-order valence-electron chi connectivity index (χ3n) is 2.86. The Balaban J connectivity index is 2.21. The van der Waals surface area contributed by atoms with E-state index in [0.29, 0.717) is 0 Å². The molecule has 1 aromatic carbocycles. The van der Waals surface area contributed by atoms with Crippen LogP contribution in [0.4, 0.5) is 5.69 Å². The van der Waals surface area contributed by atoms with E-state index in [0.717, 1.165) is 25.9 Å². The Labute approximate surface area is 104 Å². The van der Waals surface area contributed by atoms with Gasteiger partial charge in [-0.2, -0.15) is 5.26 Å². The van der Waals surface area contributed by atoms with Crippen LogP contribution in [0.1, 0.15) is 18.4 Å². The number of piperidine rings is 1. The molecule has 0 bridgehead atoms. The summed E-state index contributed by atoms with van der Waals surface area (Å²) >= 11 is 0. The molecule has 1 N–H and O–H groups in total. The largest absolute Gasteiger partial charge is 0.483 e. The van der Waals surface area contributed by atoms with Gasteiger partial charge in [0.2, 0.25) is 0 Å². The molecule has 6 heteroatoms. The number of benzene rings is 1. The van der Waals surface area contributed by atoms with Crippen molar-refractivity contribution in [1.29, 1.82) is 5.26 Å². The zero-order valence-corrected chi connectivity index (χ0v) is 9.76. The smallest absolute Gasteiger partial charge is 0.312 e. The van der Waals surface area contributed by atoms with Gasteiger partial charge in [0.25, 0.3) is 0 Å². The summed E-state index contributed by atoms with van der Waals surface area (Å²) in [5.74, 6) is 0.242. The molecule has 0 spiro atoms. The number of nitro groups is 1. The standard InChI is InChI=1S/C12H13N3O3/c13-8-9-1-2-12(11(7-9)15(16)17)18-10-3-5-14-6-4-10/h1-2,7,10,14H,3-6H2. The van der Waals surface area contributed by atoms with E-state index in [1.807, 2.05) is 6.07 Å².